The van der Waals surface area contributed by atoms with Gasteiger partial charge in [0.1, 0.15) is 0 Å². The minimum absolute atomic E-state index is 0.194. The van der Waals surface area contributed by atoms with Crippen LogP contribution in [0.1, 0.15) is 59.8 Å². The average molecular weight is 379 g/mol. The van der Waals surface area contributed by atoms with Crippen molar-refractivity contribution in [3.63, 3.8) is 0 Å². The first-order valence-corrected chi connectivity index (χ1v) is 12.5. The fourth-order valence-electron chi connectivity index (χ4n) is 2.87. The number of aliphatic imine (C=N–C) groups is 1. The van der Waals surface area contributed by atoms with Crippen LogP contribution in [0.25, 0.3) is 0 Å². The van der Waals surface area contributed by atoms with E-state index in [4.69, 9.17) is 23.2 Å². The summed E-state index contributed by atoms with van der Waals surface area (Å²) < 4.78 is 0. The van der Waals surface area contributed by atoms with Gasteiger partial charge in [-0.05, 0) is 19.3 Å². The molecule has 2 heterocycles. The van der Waals surface area contributed by atoms with Gasteiger partial charge in [0.2, 0.25) is 15.2 Å². The second-order valence-corrected chi connectivity index (χ2v) is 9.94. The number of hydrogen-bond acceptors (Lipinski definition) is 2. The first-order chi connectivity index (χ1) is 11.0. The fourth-order valence-corrected chi connectivity index (χ4v) is 4.74. The Kier molecular flexibility index (Phi) is 16.5. The lowest BCUT2D eigenvalue weighted by Crippen LogP contribution is -2.34. The molecule has 0 aromatic rings. The summed E-state index contributed by atoms with van der Waals surface area (Å²) in [6.07, 6.45) is 6.63. The Morgan fingerprint density at radius 2 is 1.52 bits per heavy atom. The second kappa shape index (κ2) is 16.1. The molecule has 23 heavy (non-hydrogen) atoms. The Hall–Kier alpha value is 0.582. The summed E-state index contributed by atoms with van der Waals surface area (Å²) in [5, 5.41) is 3.27. The maximum atomic E-state index is 4.76. The molecule has 0 radical (unpaired) electrons. The first kappa shape index (κ1) is 23.6. The topological polar surface area (TPSA) is 15.6 Å². The minimum Gasteiger partial charge on any atom is -0.360 e. The number of alkyl halides is 2. The Morgan fingerprint density at radius 1 is 0.957 bits per heavy atom. The monoisotopic (exact) mass is 378 g/mol. The summed E-state index contributed by atoms with van der Waals surface area (Å²) in [6, 6.07) is 0. The van der Waals surface area contributed by atoms with Crippen molar-refractivity contribution in [2.75, 3.05) is 25.0 Å². The largest absolute Gasteiger partial charge is 0.360 e. The highest BCUT2D eigenvalue weighted by atomic mass is 35.5. The van der Waals surface area contributed by atoms with E-state index in [1.165, 1.54) is 61.6 Å². The molecule has 0 aromatic heterocycles. The van der Waals surface area contributed by atoms with Gasteiger partial charge in [-0.1, -0.05) is 56.5 Å². The van der Waals surface area contributed by atoms with Gasteiger partial charge in [-0.25, -0.2) is 0 Å². The molecule has 2 rings (SSSR count). The number of halogens is 2. The summed E-state index contributed by atoms with van der Waals surface area (Å²) in [5.74, 6) is 3.31. The van der Waals surface area contributed by atoms with Crippen molar-refractivity contribution in [3.05, 3.63) is 0 Å². The number of amidine groups is 1. The molecule has 0 unspecified atom stereocenters. The van der Waals surface area contributed by atoms with Crippen molar-refractivity contribution < 1.29 is 0 Å². The summed E-state index contributed by atoms with van der Waals surface area (Å²) in [5.41, 5.74) is 0. The van der Waals surface area contributed by atoms with Crippen molar-refractivity contribution in [1.29, 1.82) is 0 Å². The molecular formula is C18H37AlCl2N2. The number of rotatable bonds is 4. The summed E-state index contributed by atoms with van der Waals surface area (Å²) in [7, 11) is 0. The summed E-state index contributed by atoms with van der Waals surface area (Å²) >= 11 is 9.84. The molecule has 0 amide bonds. The average Bonchev–Trinajstić information content (AvgIpc) is 2.73. The lowest BCUT2D eigenvalue weighted by molar-refractivity contribution is 0.391. The van der Waals surface area contributed by atoms with Gasteiger partial charge < -0.3 is 4.90 Å². The molecule has 1 fully saturated rings. The zero-order valence-corrected chi connectivity index (χ0v) is 18.7. The van der Waals surface area contributed by atoms with Crippen LogP contribution in [0.15, 0.2) is 4.99 Å². The van der Waals surface area contributed by atoms with Crippen LogP contribution in [-0.2, 0) is 0 Å². The Morgan fingerprint density at radius 3 is 2.09 bits per heavy atom. The predicted octanol–water partition coefficient (Wildman–Crippen LogP) is 5.66. The van der Waals surface area contributed by atoms with Crippen LogP contribution >= 0.6 is 23.2 Å². The molecule has 0 aromatic carbocycles. The molecular weight excluding hydrogens is 342 g/mol. The van der Waals surface area contributed by atoms with E-state index in [9.17, 15) is 0 Å². The third-order valence-corrected chi connectivity index (χ3v) is 7.26. The summed E-state index contributed by atoms with van der Waals surface area (Å²) in [6.45, 7) is 12.9. The molecule has 1 saturated heterocycles. The molecule has 0 saturated carbocycles. The van der Waals surface area contributed by atoms with Crippen LogP contribution in [0.4, 0.5) is 0 Å². The van der Waals surface area contributed by atoms with Gasteiger partial charge in [-0.15, -0.1) is 23.2 Å². The molecule has 0 bridgehead atoms. The van der Waals surface area contributed by atoms with Crippen LogP contribution in [0, 0.1) is 11.8 Å². The van der Waals surface area contributed by atoms with E-state index in [1.807, 2.05) is 0 Å². The smallest absolute Gasteiger partial charge is 0.237 e. The van der Waals surface area contributed by atoms with Gasteiger partial charge >= 0.3 is 0 Å². The third kappa shape index (κ3) is 14.6. The van der Waals surface area contributed by atoms with Gasteiger partial charge in [0, 0.05) is 26.1 Å². The highest BCUT2D eigenvalue weighted by molar-refractivity contribution is 6.40. The van der Waals surface area contributed by atoms with E-state index in [0.29, 0.717) is 15.2 Å². The number of hydrogen-bond donors (Lipinski definition) is 0. The van der Waals surface area contributed by atoms with Gasteiger partial charge in [-0.3, -0.25) is 4.99 Å². The fraction of sp³-hybridized carbons (Fsp3) is 0.944. The SMILES string of the molecule is C1CCC2=NCCCN2CC1.CC(C)[CH2][AlH][CH2]C(C)C.ClCCl. The van der Waals surface area contributed by atoms with E-state index in [-0.39, 0.29) is 5.34 Å². The van der Waals surface area contributed by atoms with Crippen LogP contribution < -0.4 is 0 Å². The minimum atomic E-state index is 0.194. The Labute approximate surface area is 161 Å². The predicted molar refractivity (Wildman–Crippen MR) is 110 cm³/mol. The highest BCUT2D eigenvalue weighted by Gasteiger charge is 2.16. The lowest BCUT2D eigenvalue weighted by Gasteiger charge is -2.27. The number of nitrogens with zero attached hydrogens (tertiary/aromatic N) is 2. The Balaban J connectivity index is 0.000000368. The van der Waals surface area contributed by atoms with Gasteiger partial charge in [0.05, 0.1) is 11.2 Å². The molecule has 5 heteroatoms. The number of fused-ring (bicyclic) bond motifs is 1. The van der Waals surface area contributed by atoms with Crippen molar-refractivity contribution in [3.8, 4) is 0 Å². The van der Waals surface area contributed by atoms with Crippen LogP contribution in [0.3, 0.4) is 0 Å². The molecule has 0 N–H and O–H groups in total. The summed E-state index contributed by atoms with van der Waals surface area (Å²) in [4.78, 5) is 7.04. The molecule has 2 nitrogen and oxygen atoms in total. The highest BCUT2D eigenvalue weighted by Crippen LogP contribution is 2.15. The zero-order chi connectivity index (χ0) is 17.5. The van der Waals surface area contributed by atoms with Crippen molar-refractivity contribution in [2.24, 2.45) is 16.8 Å². The maximum absolute atomic E-state index is 4.76. The van der Waals surface area contributed by atoms with E-state index < -0.39 is 0 Å². The quantitative estimate of drug-likeness (QED) is 0.455. The van der Waals surface area contributed by atoms with Crippen molar-refractivity contribution in [2.45, 2.75) is 70.4 Å². The van der Waals surface area contributed by atoms with E-state index in [1.54, 1.807) is 0 Å². The molecule has 136 valence electrons. The lowest BCUT2D eigenvalue weighted by atomic mass is 10.2. The second-order valence-electron chi connectivity index (χ2n) is 7.27. The van der Waals surface area contributed by atoms with Crippen molar-refractivity contribution in [1.82, 2.24) is 4.90 Å². The molecule has 0 atom stereocenters. The standard InChI is InChI=1S/C9H16N2.2C4H9.CH2Cl2.Al.H/c1-2-5-9-10-6-4-8-11(9)7-3-1;2*1-4(2)3;2-1-3;;/h1-8H2;2*4H,1H2,2-3H3;1H2;;. The molecule has 0 aliphatic carbocycles. The van der Waals surface area contributed by atoms with Crippen LogP contribution in [0.2, 0.25) is 10.6 Å². The van der Waals surface area contributed by atoms with E-state index in [0.717, 1.165) is 18.4 Å². The Bertz CT molecular complexity index is 289. The van der Waals surface area contributed by atoms with Gasteiger partial charge in [0.15, 0.2) is 0 Å². The van der Waals surface area contributed by atoms with Gasteiger partial charge in [0.25, 0.3) is 0 Å². The normalized spacial score (nSPS) is 17.2. The van der Waals surface area contributed by atoms with Gasteiger partial charge in [-0.2, -0.15) is 0 Å². The first-order valence-electron chi connectivity index (χ1n) is 9.41. The van der Waals surface area contributed by atoms with Crippen LogP contribution in [0.5, 0.6) is 0 Å². The molecule has 0 spiro atoms. The zero-order valence-electron chi connectivity index (χ0n) is 15.8. The molecule has 2 aliphatic heterocycles. The van der Waals surface area contributed by atoms with Crippen LogP contribution in [-0.4, -0.2) is 50.9 Å². The van der Waals surface area contributed by atoms with E-state index in [2.05, 4.69) is 37.6 Å². The third-order valence-electron chi connectivity index (χ3n) is 4.14. The van der Waals surface area contributed by atoms with E-state index >= 15 is 0 Å². The van der Waals surface area contributed by atoms with Crippen molar-refractivity contribution >= 4 is 44.3 Å². The maximum Gasteiger partial charge on any atom is 0.237 e. The molecule has 2 aliphatic rings.